The molecule has 1 amide bonds. The summed E-state index contributed by atoms with van der Waals surface area (Å²) in [7, 11) is 0. The minimum Gasteiger partial charge on any atom is -0.371 e. The van der Waals surface area contributed by atoms with Gasteiger partial charge in [-0.2, -0.15) is 0 Å². The highest BCUT2D eigenvalue weighted by molar-refractivity contribution is 6.11. The van der Waals surface area contributed by atoms with Crippen molar-refractivity contribution in [2.75, 3.05) is 25.0 Å². The van der Waals surface area contributed by atoms with E-state index < -0.39 is 5.82 Å². The Labute approximate surface area is 165 Å². The molecule has 0 saturated carbocycles. The molecular formula is C20H19FN6O2. The quantitative estimate of drug-likeness (QED) is 0.496. The van der Waals surface area contributed by atoms with E-state index >= 15 is 0 Å². The molecular weight excluding hydrogens is 375 g/mol. The number of hydrogen-bond acceptors (Lipinski definition) is 5. The van der Waals surface area contributed by atoms with Crippen molar-refractivity contribution in [2.24, 2.45) is 0 Å². The van der Waals surface area contributed by atoms with Crippen LogP contribution in [0.5, 0.6) is 0 Å². The van der Waals surface area contributed by atoms with Gasteiger partial charge in [-0.15, -0.1) is 0 Å². The molecule has 0 radical (unpaired) electrons. The van der Waals surface area contributed by atoms with Gasteiger partial charge in [0.15, 0.2) is 11.5 Å². The lowest BCUT2D eigenvalue weighted by atomic mass is 10.0. The molecule has 0 spiro atoms. The maximum Gasteiger partial charge on any atom is 0.257 e. The van der Waals surface area contributed by atoms with Crippen LogP contribution in [0.1, 0.15) is 27.7 Å². The number of amides is 1. The molecule has 1 aliphatic rings. The van der Waals surface area contributed by atoms with E-state index in [0.29, 0.717) is 35.6 Å². The first-order valence-electron chi connectivity index (χ1n) is 9.34. The number of fused-ring (bicyclic) bond motifs is 2. The van der Waals surface area contributed by atoms with Crippen LogP contribution in [0.4, 0.5) is 10.1 Å². The van der Waals surface area contributed by atoms with Gasteiger partial charge in [-0.1, -0.05) is 6.07 Å². The Hall–Kier alpha value is -3.30. The van der Waals surface area contributed by atoms with Crippen LogP contribution >= 0.6 is 0 Å². The largest absolute Gasteiger partial charge is 0.371 e. The van der Waals surface area contributed by atoms with Gasteiger partial charge in [0.1, 0.15) is 5.52 Å². The van der Waals surface area contributed by atoms with Crippen molar-refractivity contribution < 1.29 is 13.9 Å². The molecule has 1 atom stereocenters. The SMILES string of the molecule is Cc1cn2cc(NC(=O)c3ccc(C4CNCCO4)c4[nH]cnc34)cc(F)c2n1. The Bertz CT molecular complexity index is 1220. The number of anilines is 1. The summed E-state index contributed by atoms with van der Waals surface area (Å²) in [5, 5.41) is 6.06. The maximum atomic E-state index is 14.3. The first kappa shape index (κ1) is 17.8. The van der Waals surface area contributed by atoms with Crippen LogP contribution in [0.15, 0.2) is 36.9 Å². The number of aromatic nitrogens is 4. The molecule has 3 N–H and O–H groups in total. The highest BCUT2D eigenvalue weighted by atomic mass is 19.1. The normalized spacial score (nSPS) is 17.1. The number of carbonyl (C=O) groups is 1. The highest BCUT2D eigenvalue weighted by Gasteiger charge is 2.22. The lowest BCUT2D eigenvalue weighted by Gasteiger charge is -2.24. The number of halogens is 1. The summed E-state index contributed by atoms with van der Waals surface area (Å²) in [5.74, 6) is -0.870. The molecule has 8 nitrogen and oxygen atoms in total. The molecule has 1 aromatic carbocycles. The van der Waals surface area contributed by atoms with E-state index in [1.165, 1.54) is 6.07 Å². The number of hydrogen-bond donors (Lipinski definition) is 3. The Balaban J connectivity index is 1.48. The summed E-state index contributed by atoms with van der Waals surface area (Å²) < 4.78 is 21.7. The number of nitrogens with one attached hydrogen (secondary N) is 3. The first-order chi connectivity index (χ1) is 14.1. The van der Waals surface area contributed by atoms with E-state index in [1.54, 1.807) is 36.1 Å². The molecule has 5 rings (SSSR count). The number of morpholine rings is 1. The van der Waals surface area contributed by atoms with Crippen LogP contribution in [-0.2, 0) is 4.74 Å². The van der Waals surface area contributed by atoms with Crippen LogP contribution in [0.3, 0.4) is 0 Å². The number of nitrogens with zero attached hydrogens (tertiary/aromatic N) is 3. The van der Waals surface area contributed by atoms with E-state index in [1.807, 2.05) is 6.07 Å². The standard InChI is InChI=1S/C20H19FN6O2/c1-11-8-27-9-12(6-15(21)19(27)25-11)26-20(28)14-3-2-13(16-7-22-4-5-29-16)17-18(14)24-10-23-17/h2-3,6,8-10,16,22H,4-5,7H2,1H3,(H,23,24)(H,26,28). The number of benzene rings is 1. The fourth-order valence-corrected chi connectivity index (χ4v) is 3.72. The third-order valence-electron chi connectivity index (χ3n) is 5.02. The summed E-state index contributed by atoms with van der Waals surface area (Å²) in [6.07, 6.45) is 4.78. The fourth-order valence-electron chi connectivity index (χ4n) is 3.72. The minimum atomic E-state index is -0.502. The second kappa shape index (κ2) is 6.94. The third-order valence-corrected chi connectivity index (χ3v) is 5.02. The zero-order chi connectivity index (χ0) is 20.0. The first-order valence-corrected chi connectivity index (χ1v) is 9.34. The van der Waals surface area contributed by atoms with Gasteiger partial charge in [0, 0.05) is 37.1 Å². The van der Waals surface area contributed by atoms with Gasteiger partial charge in [-0.05, 0) is 13.0 Å². The summed E-state index contributed by atoms with van der Waals surface area (Å²) in [4.78, 5) is 24.5. The Kier molecular flexibility index (Phi) is 4.26. The molecule has 29 heavy (non-hydrogen) atoms. The minimum absolute atomic E-state index is 0.107. The summed E-state index contributed by atoms with van der Waals surface area (Å²) in [6, 6.07) is 4.86. The van der Waals surface area contributed by atoms with Crippen molar-refractivity contribution in [3.8, 4) is 0 Å². The number of rotatable bonds is 3. The molecule has 1 aliphatic heterocycles. The number of pyridine rings is 1. The summed E-state index contributed by atoms with van der Waals surface area (Å²) in [5.41, 5.74) is 3.91. The molecule has 0 aliphatic carbocycles. The predicted octanol–water partition coefficient (Wildman–Crippen LogP) is 2.57. The van der Waals surface area contributed by atoms with E-state index in [0.717, 1.165) is 17.6 Å². The van der Waals surface area contributed by atoms with Crippen molar-refractivity contribution in [1.82, 2.24) is 24.7 Å². The van der Waals surface area contributed by atoms with Crippen LogP contribution in [0.2, 0.25) is 0 Å². The average molecular weight is 394 g/mol. The van der Waals surface area contributed by atoms with E-state index in [2.05, 4.69) is 25.6 Å². The third kappa shape index (κ3) is 3.14. The molecule has 4 aromatic rings. The smallest absolute Gasteiger partial charge is 0.257 e. The van der Waals surface area contributed by atoms with Gasteiger partial charge < -0.3 is 24.8 Å². The summed E-state index contributed by atoms with van der Waals surface area (Å²) >= 11 is 0. The van der Waals surface area contributed by atoms with Crippen molar-refractivity contribution >= 4 is 28.3 Å². The topological polar surface area (TPSA) is 96.3 Å². The predicted molar refractivity (Wildman–Crippen MR) is 105 cm³/mol. The van der Waals surface area contributed by atoms with Gasteiger partial charge in [0.05, 0.1) is 41.5 Å². The molecule has 1 unspecified atom stereocenters. The van der Waals surface area contributed by atoms with Gasteiger partial charge in [-0.3, -0.25) is 4.79 Å². The second-order valence-electron chi connectivity index (χ2n) is 7.04. The number of ether oxygens (including phenoxy) is 1. The lowest BCUT2D eigenvalue weighted by molar-refractivity contribution is 0.0285. The zero-order valence-corrected chi connectivity index (χ0v) is 15.7. The number of imidazole rings is 2. The van der Waals surface area contributed by atoms with Crippen LogP contribution < -0.4 is 10.6 Å². The number of H-pyrrole nitrogens is 1. The van der Waals surface area contributed by atoms with Gasteiger partial charge in [0.25, 0.3) is 5.91 Å². The van der Waals surface area contributed by atoms with Crippen LogP contribution in [0.25, 0.3) is 16.7 Å². The second-order valence-corrected chi connectivity index (χ2v) is 7.04. The van der Waals surface area contributed by atoms with E-state index in [-0.39, 0.29) is 17.7 Å². The van der Waals surface area contributed by atoms with Crippen molar-refractivity contribution in [3.63, 3.8) is 0 Å². The van der Waals surface area contributed by atoms with Gasteiger partial charge in [-0.25, -0.2) is 14.4 Å². The number of carbonyl (C=O) groups excluding carboxylic acids is 1. The summed E-state index contributed by atoms with van der Waals surface area (Å²) in [6.45, 7) is 3.93. The molecule has 0 bridgehead atoms. The molecule has 4 heterocycles. The van der Waals surface area contributed by atoms with Crippen LogP contribution in [-0.4, -0.2) is 45.0 Å². The molecule has 1 fully saturated rings. The maximum absolute atomic E-state index is 14.3. The van der Waals surface area contributed by atoms with Gasteiger partial charge >= 0.3 is 0 Å². The Morgan fingerprint density at radius 1 is 1.38 bits per heavy atom. The Morgan fingerprint density at radius 2 is 2.28 bits per heavy atom. The number of aromatic amines is 1. The molecule has 3 aromatic heterocycles. The Morgan fingerprint density at radius 3 is 3.10 bits per heavy atom. The van der Waals surface area contributed by atoms with Crippen molar-refractivity contribution in [2.45, 2.75) is 13.0 Å². The van der Waals surface area contributed by atoms with E-state index in [4.69, 9.17) is 4.74 Å². The zero-order valence-electron chi connectivity index (χ0n) is 15.7. The molecule has 148 valence electrons. The average Bonchev–Trinajstić information content (AvgIpc) is 3.34. The van der Waals surface area contributed by atoms with E-state index in [9.17, 15) is 9.18 Å². The van der Waals surface area contributed by atoms with Crippen molar-refractivity contribution in [1.29, 1.82) is 0 Å². The monoisotopic (exact) mass is 394 g/mol. The molecule has 9 heteroatoms. The van der Waals surface area contributed by atoms with Crippen LogP contribution in [0, 0.1) is 12.7 Å². The highest BCUT2D eigenvalue weighted by Crippen LogP contribution is 2.28. The van der Waals surface area contributed by atoms with Gasteiger partial charge in [0.2, 0.25) is 0 Å². The molecule has 1 saturated heterocycles. The lowest BCUT2D eigenvalue weighted by Crippen LogP contribution is -2.33. The number of aryl methyl sites for hydroxylation is 1. The fraction of sp³-hybridized carbons (Fsp3) is 0.250. The van der Waals surface area contributed by atoms with Crippen molar-refractivity contribution in [3.05, 3.63) is 59.6 Å².